The van der Waals surface area contributed by atoms with Gasteiger partial charge in [0.25, 0.3) is 11.5 Å². The van der Waals surface area contributed by atoms with Gasteiger partial charge < -0.3 is 15.2 Å². The Morgan fingerprint density at radius 3 is 2.74 bits per heavy atom. The molecule has 2 N–H and O–H groups in total. The minimum absolute atomic E-state index is 0.144. The molecule has 31 heavy (non-hydrogen) atoms. The van der Waals surface area contributed by atoms with E-state index >= 15 is 0 Å². The van der Waals surface area contributed by atoms with E-state index in [9.17, 15) is 9.59 Å². The number of carbonyl (C=O) groups is 1. The molecule has 6 heteroatoms. The van der Waals surface area contributed by atoms with E-state index in [0.717, 1.165) is 43.1 Å². The fourth-order valence-electron chi connectivity index (χ4n) is 4.40. The number of hydrogen-bond donors (Lipinski definition) is 2. The number of nitrogens with one attached hydrogen (secondary N) is 2. The predicted octanol–water partition coefficient (Wildman–Crippen LogP) is 3.31. The number of hydrogen-bond acceptors (Lipinski definition) is 4. The molecular formula is C25H30N4O2. The summed E-state index contributed by atoms with van der Waals surface area (Å²) in [5.41, 5.74) is 2.70. The van der Waals surface area contributed by atoms with E-state index in [1.165, 1.54) is 24.8 Å². The minimum atomic E-state index is -0.365. The molecule has 0 spiro atoms. The number of likely N-dealkylation sites (tertiary alicyclic amines) is 1. The summed E-state index contributed by atoms with van der Waals surface area (Å²) in [6.07, 6.45) is 6.14. The second-order valence-corrected chi connectivity index (χ2v) is 8.45. The van der Waals surface area contributed by atoms with Crippen LogP contribution in [0.15, 0.2) is 53.5 Å². The van der Waals surface area contributed by atoms with Crippen LogP contribution in [0.25, 0.3) is 10.9 Å². The van der Waals surface area contributed by atoms with Crippen molar-refractivity contribution in [2.75, 3.05) is 26.2 Å². The molecule has 3 heterocycles. The molecule has 1 fully saturated rings. The van der Waals surface area contributed by atoms with Crippen LogP contribution in [0.4, 0.5) is 0 Å². The van der Waals surface area contributed by atoms with E-state index in [2.05, 4.69) is 50.5 Å². The van der Waals surface area contributed by atoms with Gasteiger partial charge in [0.05, 0.1) is 5.52 Å². The number of aromatic amines is 1. The fraction of sp³-hybridized carbons (Fsp3) is 0.400. The molecule has 1 aliphatic rings. The maximum Gasteiger partial charge on any atom is 0.261 e. The Hall–Kier alpha value is -2.99. The van der Waals surface area contributed by atoms with Crippen LogP contribution in [0.1, 0.15) is 40.9 Å². The maximum absolute atomic E-state index is 12.5. The molecule has 0 bridgehead atoms. The highest BCUT2D eigenvalue weighted by molar-refractivity contribution is 5.97. The SMILES string of the molecule is Cc1nccc2[nH]c(=O)c(C(=O)NCCCN3CCC(Cc4ccccc4)CC3)cc12. The molecular weight excluding hydrogens is 388 g/mol. The number of amides is 1. The first-order chi connectivity index (χ1) is 15.1. The van der Waals surface area contributed by atoms with E-state index in [1.54, 1.807) is 18.3 Å². The van der Waals surface area contributed by atoms with Crippen LogP contribution in [0.3, 0.4) is 0 Å². The van der Waals surface area contributed by atoms with Crippen LogP contribution in [0, 0.1) is 12.8 Å². The Balaban J connectivity index is 1.21. The molecule has 1 amide bonds. The number of benzene rings is 1. The molecule has 0 atom stereocenters. The molecule has 3 aromatic rings. The van der Waals surface area contributed by atoms with Crippen molar-refractivity contribution in [3.05, 3.63) is 75.8 Å². The predicted molar refractivity (Wildman–Crippen MR) is 123 cm³/mol. The largest absolute Gasteiger partial charge is 0.352 e. The summed E-state index contributed by atoms with van der Waals surface area (Å²) >= 11 is 0. The third-order valence-electron chi connectivity index (χ3n) is 6.23. The smallest absolute Gasteiger partial charge is 0.261 e. The third-order valence-corrected chi connectivity index (χ3v) is 6.23. The average molecular weight is 419 g/mol. The van der Waals surface area contributed by atoms with Crippen molar-refractivity contribution in [2.24, 2.45) is 5.92 Å². The number of H-pyrrole nitrogens is 1. The zero-order valence-corrected chi connectivity index (χ0v) is 18.1. The summed E-state index contributed by atoms with van der Waals surface area (Å²) in [7, 11) is 0. The molecule has 2 aromatic heterocycles. The van der Waals surface area contributed by atoms with E-state index in [0.29, 0.717) is 12.1 Å². The summed E-state index contributed by atoms with van der Waals surface area (Å²) in [6, 6.07) is 14.1. The Bertz CT molecular complexity index is 1090. The summed E-state index contributed by atoms with van der Waals surface area (Å²) < 4.78 is 0. The highest BCUT2D eigenvalue weighted by atomic mass is 16.2. The van der Waals surface area contributed by atoms with Gasteiger partial charge in [0.15, 0.2) is 0 Å². The first kappa shape index (κ1) is 21.2. The number of aromatic nitrogens is 2. The van der Waals surface area contributed by atoms with Gasteiger partial charge in [-0.3, -0.25) is 14.6 Å². The zero-order chi connectivity index (χ0) is 21.6. The summed E-state index contributed by atoms with van der Waals surface area (Å²) in [6.45, 7) is 5.62. The van der Waals surface area contributed by atoms with Crippen molar-refractivity contribution in [1.29, 1.82) is 0 Å². The Kier molecular flexibility index (Phi) is 6.77. The van der Waals surface area contributed by atoms with Gasteiger partial charge in [0.1, 0.15) is 5.56 Å². The van der Waals surface area contributed by atoms with Crippen LogP contribution in [0.5, 0.6) is 0 Å². The lowest BCUT2D eigenvalue weighted by molar-refractivity contribution is 0.0949. The highest BCUT2D eigenvalue weighted by Crippen LogP contribution is 2.21. The number of fused-ring (bicyclic) bond motifs is 1. The second-order valence-electron chi connectivity index (χ2n) is 8.45. The Labute approximate surface area is 182 Å². The van der Waals surface area contributed by atoms with E-state index < -0.39 is 0 Å². The van der Waals surface area contributed by atoms with Crippen LogP contribution < -0.4 is 10.9 Å². The highest BCUT2D eigenvalue weighted by Gasteiger charge is 2.19. The van der Waals surface area contributed by atoms with Gasteiger partial charge in [-0.15, -0.1) is 0 Å². The quantitative estimate of drug-likeness (QED) is 0.577. The number of piperidine rings is 1. The number of carbonyl (C=O) groups excluding carboxylic acids is 1. The first-order valence-electron chi connectivity index (χ1n) is 11.1. The second kappa shape index (κ2) is 9.88. The van der Waals surface area contributed by atoms with Crippen molar-refractivity contribution in [3.63, 3.8) is 0 Å². The van der Waals surface area contributed by atoms with Crippen LogP contribution in [0.2, 0.25) is 0 Å². The fourth-order valence-corrected chi connectivity index (χ4v) is 4.40. The molecule has 0 radical (unpaired) electrons. The lowest BCUT2D eigenvalue weighted by atomic mass is 9.90. The monoisotopic (exact) mass is 418 g/mol. The van der Waals surface area contributed by atoms with Crippen LogP contribution >= 0.6 is 0 Å². The number of pyridine rings is 2. The number of rotatable bonds is 7. The number of nitrogens with zero attached hydrogens (tertiary/aromatic N) is 2. The van der Waals surface area contributed by atoms with Crippen molar-refractivity contribution >= 4 is 16.8 Å². The zero-order valence-electron chi connectivity index (χ0n) is 18.1. The van der Waals surface area contributed by atoms with Crippen LogP contribution in [-0.4, -0.2) is 47.0 Å². The molecule has 0 unspecified atom stereocenters. The van der Waals surface area contributed by atoms with Gasteiger partial charge in [-0.25, -0.2) is 0 Å². The molecule has 0 aliphatic carbocycles. The van der Waals surface area contributed by atoms with Gasteiger partial charge in [0.2, 0.25) is 0 Å². The lowest BCUT2D eigenvalue weighted by Gasteiger charge is -2.32. The van der Waals surface area contributed by atoms with Gasteiger partial charge in [-0.1, -0.05) is 30.3 Å². The van der Waals surface area contributed by atoms with Crippen LogP contribution in [-0.2, 0) is 6.42 Å². The molecule has 0 saturated carbocycles. The maximum atomic E-state index is 12.5. The van der Waals surface area contributed by atoms with Crippen molar-refractivity contribution in [2.45, 2.75) is 32.6 Å². The van der Waals surface area contributed by atoms with Crippen molar-refractivity contribution in [1.82, 2.24) is 20.2 Å². The van der Waals surface area contributed by atoms with Gasteiger partial charge in [-0.2, -0.15) is 0 Å². The first-order valence-corrected chi connectivity index (χ1v) is 11.1. The van der Waals surface area contributed by atoms with E-state index in [4.69, 9.17) is 0 Å². The molecule has 162 valence electrons. The minimum Gasteiger partial charge on any atom is -0.352 e. The topological polar surface area (TPSA) is 78.1 Å². The Morgan fingerprint density at radius 1 is 1.19 bits per heavy atom. The van der Waals surface area contributed by atoms with Crippen molar-refractivity contribution < 1.29 is 4.79 Å². The third kappa shape index (κ3) is 5.39. The van der Waals surface area contributed by atoms with E-state index in [1.807, 2.05) is 6.92 Å². The molecule has 1 saturated heterocycles. The average Bonchev–Trinajstić information content (AvgIpc) is 2.78. The van der Waals surface area contributed by atoms with Gasteiger partial charge >= 0.3 is 0 Å². The molecule has 1 aliphatic heterocycles. The molecule has 6 nitrogen and oxygen atoms in total. The summed E-state index contributed by atoms with van der Waals surface area (Å²) in [5.74, 6) is 0.434. The van der Waals surface area contributed by atoms with Gasteiger partial charge in [0, 0.05) is 23.8 Å². The van der Waals surface area contributed by atoms with E-state index in [-0.39, 0.29) is 17.0 Å². The van der Waals surface area contributed by atoms with Gasteiger partial charge in [-0.05, 0) is 75.9 Å². The Morgan fingerprint density at radius 2 is 1.97 bits per heavy atom. The standard InChI is InChI=1S/C25H30N4O2/c1-18-21-17-22(25(31)28-23(21)8-12-26-18)24(30)27-11-5-13-29-14-9-20(10-15-29)16-19-6-3-2-4-7-19/h2-4,6-8,12,17,20H,5,9-11,13-16H2,1H3,(H,27,30)(H,28,31). The number of aryl methyl sites for hydroxylation is 1. The normalized spacial score (nSPS) is 15.3. The molecule has 1 aromatic carbocycles. The summed E-state index contributed by atoms with van der Waals surface area (Å²) in [5, 5.41) is 3.70. The van der Waals surface area contributed by atoms with Crippen molar-refractivity contribution in [3.8, 4) is 0 Å². The molecule has 4 rings (SSSR count). The lowest BCUT2D eigenvalue weighted by Crippen LogP contribution is -2.37. The summed E-state index contributed by atoms with van der Waals surface area (Å²) in [4.78, 5) is 34.3.